The van der Waals surface area contributed by atoms with E-state index >= 15 is 0 Å². The molecule has 0 rings (SSSR count). The van der Waals surface area contributed by atoms with Crippen LogP contribution in [0.4, 0.5) is 13.2 Å². The minimum atomic E-state index is -4.39. The van der Waals surface area contributed by atoms with Crippen molar-refractivity contribution in [1.82, 2.24) is 0 Å². The molecule has 0 unspecified atom stereocenters. The van der Waals surface area contributed by atoms with Crippen molar-refractivity contribution < 1.29 is 27.8 Å². The number of rotatable bonds is 4. The van der Waals surface area contributed by atoms with Gasteiger partial charge in [0.2, 0.25) is 0 Å². The van der Waals surface area contributed by atoms with Gasteiger partial charge in [-0.15, -0.1) is 0 Å². The molecule has 0 aromatic heterocycles. The molecule has 0 saturated heterocycles. The van der Waals surface area contributed by atoms with E-state index in [-0.39, 0.29) is 0 Å². The summed E-state index contributed by atoms with van der Waals surface area (Å²) in [4.78, 5) is 10.1. The lowest BCUT2D eigenvalue weighted by atomic mass is 10.2. The summed E-state index contributed by atoms with van der Waals surface area (Å²) in [6, 6.07) is 0. The number of hydrogen-bond donors (Lipinski definition) is 1. The standard InChI is InChI=1S/C6H9F3O3/c1-4(5(10)11)2-12-3-6(7,8)9/h4H,2-3H2,1H3,(H,10,11)/t4-/m0/s1. The zero-order valence-corrected chi connectivity index (χ0v) is 6.39. The second kappa shape index (κ2) is 4.30. The van der Waals surface area contributed by atoms with Gasteiger partial charge in [0.05, 0.1) is 12.5 Å². The molecule has 0 aliphatic rings. The third-order valence-electron chi connectivity index (χ3n) is 1.06. The maximum atomic E-state index is 11.4. The summed E-state index contributed by atoms with van der Waals surface area (Å²) in [6.07, 6.45) is -4.39. The molecule has 0 aromatic rings. The Hall–Kier alpha value is -0.780. The van der Waals surface area contributed by atoms with Crippen LogP contribution in [0.25, 0.3) is 0 Å². The van der Waals surface area contributed by atoms with Crippen molar-refractivity contribution in [1.29, 1.82) is 0 Å². The van der Waals surface area contributed by atoms with Crippen molar-refractivity contribution in [3.8, 4) is 0 Å². The van der Waals surface area contributed by atoms with Crippen molar-refractivity contribution in [3.05, 3.63) is 0 Å². The SMILES string of the molecule is C[C@@H](COCC(F)(F)F)C(=O)O. The van der Waals surface area contributed by atoms with Gasteiger partial charge in [-0.25, -0.2) is 0 Å². The Morgan fingerprint density at radius 3 is 2.42 bits per heavy atom. The van der Waals surface area contributed by atoms with E-state index in [2.05, 4.69) is 4.74 Å². The van der Waals surface area contributed by atoms with Crippen molar-refractivity contribution in [2.24, 2.45) is 5.92 Å². The summed E-state index contributed by atoms with van der Waals surface area (Å²) in [5.74, 6) is -2.08. The lowest BCUT2D eigenvalue weighted by Crippen LogP contribution is -2.22. The third kappa shape index (κ3) is 5.96. The van der Waals surface area contributed by atoms with Crippen molar-refractivity contribution >= 4 is 5.97 Å². The summed E-state index contributed by atoms with van der Waals surface area (Å²) < 4.78 is 38.4. The largest absolute Gasteiger partial charge is 0.481 e. The van der Waals surface area contributed by atoms with Gasteiger partial charge in [0.15, 0.2) is 0 Å². The highest BCUT2D eigenvalue weighted by molar-refractivity contribution is 5.69. The molecule has 72 valence electrons. The van der Waals surface area contributed by atoms with Gasteiger partial charge >= 0.3 is 12.1 Å². The Labute approximate surface area is 67.1 Å². The van der Waals surface area contributed by atoms with Crippen LogP contribution in [0.1, 0.15) is 6.92 Å². The van der Waals surface area contributed by atoms with E-state index in [4.69, 9.17) is 5.11 Å². The van der Waals surface area contributed by atoms with Gasteiger partial charge in [0.1, 0.15) is 6.61 Å². The average molecular weight is 186 g/mol. The number of ether oxygens (including phenoxy) is 1. The monoisotopic (exact) mass is 186 g/mol. The molecular formula is C6H9F3O3. The van der Waals surface area contributed by atoms with E-state index in [0.717, 1.165) is 0 Å². The summed E-state index contributed by atoms with van der Waals surface area (Å²) in [7, 11) is 0. The van der Waals surface area contributed by atoms with Crippen molar-refractivity contribution in [3.63, 3.8) is 0 Å². The van der Waals surface area contributed by atoms with Gasteiger partial charge in [-0.2, -0.15) is 13.2 Å². The smallest absolute Gasteiger partial charge is 0.411 e. The Balaban J connectivity index is 3.51. The van der Waals surface area contributed by atoms with Crippen LogP contribution in [0, 0.1) is 5.92 Å². The molecule has 0 bridgehead atoms. The summed E-state index contributed by atoms with van der Waals surface area (Å²) in [6.45, 7) is -0.543. The molecule has 6 heteroatoms. The molecule has 0 saturated carbocycles. The molecule has 12 heavy (non-hydrogen) atoms. The summed E-state index contributed by atoms with van der Waals surface area (Å²) in [5, 5.41) is 8.25. The molecule has 0 aliphatic carbocycles. The highest BCUT2D eigenvalue weighted by atomic mass is 19.4. The Bertz CT molecular complexity index is 155. The van der Waals surface area contributed by atoms with Gasteiger partial charge < -0.3 is 9.84 Å². The molecule has 0 aliphatic heterocycles. The van der Waals surface area contributed by atoms with Gasteiger partial charge in [0, 0.05) is 0 Å². The Morgan fingerprint density at radius 1 is 1.58 bits per heavy atom. The molecule has 3 nitrogen and oxygen atoms in total. The van der Waals surface area contributed by atoms with Crippen LogP contribution in [0.15, 0.2) is 0 Å². The number of carboxylic acid groups (broad SMARTS) is 1. The van der Waals surface area contributed by atoms with Gasteiger partial charge in [-0.3, -0.25) is 4.79 Å². The highest BCUT2D eigenvalue weighted by Crippen LogP contribution is 2.14. The molecule has 0 aromatic carbocycles. The van der Waals surface area contributed by atoms with E-state index in [9.17, 15) is 18.0 Å². The van der Waals surface area contributed by atoms with E-state index < -0.39 is 31.3 Å². The van der Waals surface area contributed by atoms with Crippen LogP contribution in [0.5, 0.6) is 0 Å². The number of halogens is 3. The van der Waals surface area contributed by atoms with Crippen molar-refractivity contribution in [2.75, 3.05) is 13.2 Å². The first-order chi connectivity index (χ1) is 5.33. The highest BCUT2D eigenvalue weighted by Gasteiger charge is 2.28. The van der Waals surface area contributed by atoms with Crippen LogP contribution in [-0.4, -0.2) is 30.5 Å². The van der Waals surface area contributed by atoms with Crippen molar-refractivity contribution in [2.45, 2.75) is 13.1 Å². The lowest BCUT2D eigenvalue weighted by molar-refractivity contribution is -0.179. The predicted octanol–water partition coefficient (Wildman–Crippen LogP) is 1.29. The van der Waals surface area contributed by atoms with Gasteiger partial charge in [-0.05, 0) is 6.92 Å². The topological polar surface area (TPSA) is 46.5 Å². The number of alkyl halides is 3. The van der Waals surface area contributed by atoms with Crippen LogP contribution in [0.3, 0.4) is 0 Å². The quantitative estimate of drug-likeness (QED) is 0.719. The van der Waals surface area contributed by atoms with Crippen LogP contribution >= 0.6 is 0 Å². The fraction of sp³-hybridized carbons (Fsp3) is 0.833. The summed E-state index contributed by atoms with van der Waals surface area (Å²) >= 11 is 0. The maximum absolute atomic E-state index is 11.4. The molecule has 0 spiro atoms. The van der Waals surface area contributed by atoms with Gasteiger partial charge in [0.25, 0.3) is 0 Å². The zero-order chi connectivity index (χ0) is 9.78. The first kappa shape index (κ1) is 11.2. The fourth-order valence-electron chi connectivity index (χ4n) is 0.423. The Kier molecular flexibility index (Phi) is 4.02. The second-order valence-corrected chi connectivity index (χ2v) is 2.37. The molecule has 0 radical (unpaired) electrons. The molecule has 0 heterocycles. The van der Waals surface area contributed by atoms with Gasteiger partial charge in [-0.1, -0.05) is 0 Å². The number of carboxylic acids is 1. The number of aliphatic carboxylic acids is 1. The summed E-state index contributed by atoms with van der Waals surface area (Å²) in [5.41, 5.74) is 0. The third-order valence-corrected chi connectivity index (χ3v) is 1.06. The number of hydrogen-bond acceptors (Lipinski definition) is 2. The van der Waals surface area contributed by atoms with Crippen LogP contribution in [-0.2, 0) is 9.53 Å². The minimum absolute atomic E-state index is 0.422. The lowest BCUT2D eigenvalue weighted by Gasteiger charge is -2.09. The van der Waals surface area contributed by atoms with E-state index in [0.29, 0.717) is 0 Å². The molecular weight excluding hydrogens is 177 g/mol. The number of carbonyl (C=O) groups is 1. The maximum Gasteiger partial charge on any atom is 0.411 e. The fourth-order valence-corrected chi connectivity index (χ4v) is 0.423. The second-order valence-electron chi connectivity index (χ2n) is 2.37. The predicted molar refractivity (Wildman–Crippen MR) is 33.7 cm³/mol. The molecule has 0 amide bonds. The van der Waals surface area contributed by atoms with Crippen LogP contribution in [0.2, 0.25) is 0 Å². The van der Waals surface area contributed by atoms with Crippen LogP contribution < -0.4 is 0 Å². The normalized spacial score (nSPS) is 14.3. The van der Waals surface area contributed by atoms with E-state index in [1.165, 1.54) is 6.92 Å². The first-order valence-corrected chi connectivity index (χ1v) is 3.20. The molecule has 1 atom stereocenters. The first-order valence-electron chi connectivity index (χ1n) is 3.20. The average Bonchev–Trinajstić information content (AvgIpc) is 1.84. The van der Waals surface area contributed by atoms with E-state index in [1.807, 2.05) is 0 Å². The Morgan fingerprint density at radius 2 is 2.08 bits per heavy atom. The molecule has 0 fully saturated rings. The molecule has 1 N–H and O–H groups in total. The van der Waals surface area contributed by atoms with E-state index in [1.54, 1.807) is 0 Å². The zero-order valence-electron chi connectivity index (χ0n) is 6.39. The minimum Gasteiger partial charge on any atom is -0.481 e.